The minimum Gasteiger partial charge on any atom is -0.508 e. The van der Waals surface area contributed by atoms with Crippen LogP contribution in [0.2, 0.25) is 0 Å². The van der Waals surface area contributed by atoms with Gasteiger partial charge in [-0.25, -0.2) is 4.98 Å². The van der Waals surface area contributed by atoms with Gasteiger partial charge in [0.25, 0.3) is 0 Å². The number of fused-ring (bicyclic) bond motifs is 4. The van der Waals surface area contributed by atoms with Crippen molar-refractivity contribution in [1.82, 2.24) is 81.7 Å². The first-order valence-corrected chi connectivity index (χ1v) is 49.3. The number of imidazole rings is 1. The van der Waals surface area contributed by atoms with E-state index in [1.165, 1.54) is 72.5 Å². The van der Waals surface area contributed by atoms with Gasteiger partial charge in [0, 0.05) is 162 Å². The Bertz CT molecular complexity index is 5580. The highest BCUT2D eigenvalue weighted by molar-refractivity contribution is 7.99. The van der Waals surface area contributed by atoms with E-state index in [1.807, 2.05) is 13.8 Å². The number of amides is 14. The number of aromatic hydroxyl groups is 1. The number of unbranched alkanes of at least 4 members (excludes halogenated alkanes) is 2. The summed E-state index contributed by atoms with van der Waals surface area (Å²) >= 11 is 0.903. The van der Waals surface area contributed by atoms with Crippen molar-refractivity contribution in [3.8, 4) is 5.75 Å². The summed E-state index contributed by atoms with van der Waals surface area (Å²) in [6, 6.07) is 10.1. The number of phenolic OH excluding ortho intramolecular Hbond substituents is 1. The third kappa shape index (κ3) is 30.7. The number of likely N-dealkylation sites (N-methyl/N-ethyl adjacent to an activating group) is 2. The molecule has 0 unspecified atom stereocenters. The van der Waals surface area contributed by atoms with Crippen molar-refractivity contribution in [2.45, 2.75) is 261 Å². The molecule has 14 amide bonds. The highest BCUT2D eigenvalue weighted by atomic mass is 32.2. The molecule has 41 heteroatoms. The van der Waals surface area contributed by atoms with Crippen LogP contribution in [-0.2, 0) is 119 Å². The molecule has 141 heavy (non-hydrogen) atoms. The number of ketones is 3. The minimum absolute atomic E-state index is 0.0259. The molecule has 3 fully saturated rings. The molecule has 4 aromatic carbocycles. The molecule has 3 saturated heterocycles. The van der Waals surface area contributed by atoms with Crippen LogP contribution >= 0.6 is 11.8 Å². The predicted molar refractivity (Wildman–Crippen MR) is 522 cm³/mol. The van der Waals surface area contributed by atoms with Crippen LogP contribution in [0.25, 0.3) is 21.8 Å². The maximum absolute atomic E-state index is 15.9. The monoisotopic (exact) mass is 1970 g/mol. The van der Waals surface area contributed by atoms with Crippen LogP contribution in [0.5, 0.6) is 5.75 Å². The lowest BCUT2D eigenvalue weighted by Gasteiger charge is -2.36. The van der Waals surface area contributed by atoms with E-state index in [0.29, 0.717) is 69.7 Å². The molecule has 3 aliphatic rings. The second-order valence-corrected chi connectivity index (χ2v) is 38.2. The smallest absolute Gasteiger partial charge is 0.303 e. The third-order valence-electron chi connectivity index (χ3n) is 26.1. The third-order valence-corrected chi connectivity index (χ3v) is 27.2. The van der Waals surface area contributed by atoms with Gasteiger partial charge in [-0.15, -0.1) is 0 Å². The molecular formula is C100H133N19O21S. The van der Waals surface area contributed by atoms with Gasteiger partial charge in [0.05, 0.1) is 36.2 Å². The number of carboxylic acids is 1. The topological polar surface area (TPSA) is 607 Å². The summed E-state index contributed by atoms with van der Waals surface area (Å²) in [7, 11) is 2.80. The number of thioether (sulfide) groups is 1. The van der Waals surface area contributed by atoms with E-state index in [9.17, 15) is 39.3 Å². The Morgan fingerprint density at radius 1 is 0.539 bits per heavy atom. The molecule has 0 saturated carbocycles. The molecule has 6 heterocycles. The Labute approximate surface area is 821 Å². The fourth-order valence-electron chi connectivity index (χ4n) is 18.4. The number of para-hydroxylation sites is 2. The molecule has 0 aliphatic carbocycles. The minimum atomic E-state index is -1.83. The van der Waals surface area contributed by atoms with Crippen molar-refractivity contribution in [3.05, 3.63) is 156 Å². The number of carboxylic acid groups (broad SMARTS) is 1. The maximum atomic E-state index is 15.9. The molecule has 760 valence electrons. The van der Waals surface area contributed by atoms with Crippen LogP contribution in [0, 0.1) is 17.8 Å². The van der Waals surface area contributed by atoms with Crippen LogP contribution in [0.4, 0.5) is 0 Å². The van der Waals surface area contributed by atoms with Gasteiger partial charge in [0.1, 0.15) is 72.0 Å². The zero-order chi connectivity index (χ0) is 102. The highest BCUT2D eigenvalue weighted by Gasteiger charge is 2.47. The number of aromatic nitrogens is 4. The number of nitrogens with one attached hydrogen (secondary N) is 10. The lowest BCUT2D eigenvalue weighted by atomic mass is 9.90. The number of carbonyl (C=O) groups is 18. The van der Waals surface area contributed by atoms with E-state index in [1.54, 1.807) is 105 Å². The highest BCUT2D eigenvalue weighted by Crippen LogP contribution is 2.31. The van der Waals surface area contributed by atoms with Crippen LogP contribution < -0.4 is 54.4 Å². The number of aliphatic hydroxyl groups is 1. The van der Waals surface area contributed by atoms with E-state index in [-0.39, 0.29) is 107 Å². The zero-order valence-corrected chi connectivity index (χ0v) is 81.5. The van der Waals surface area contributed by atoms with Crippen molar-refractivity contribution >= 4 is 140 Å². The number of nitrogens with two attached hydrogens (primary N) is 3. The number of nitrogens with zero attached hydrogens (tertiary/aromatic N) is 6. The Balaban J connectivity index is 1.04. The number of hydrogen-bond donors (Lipinski definition) is 16. The Morgan fingerprint density at radius 3 is 1.71 bits per heavy atom. The largest absolute Gasteiger partial charge is 0.508 e. The number of Topliss-reactive ketones (excluding diaryl/α,β-unsaturated/α-hetero) is 3. The number of phenols is 1. The van der Waals surface area contributed by atoms with E-state index in [4.69, 9.17) is 17.2 Å². The van der Waals surface area contributed by atoms with Gasteiger partial charge in [-0.2, -0.15) is 11.8 Å². The first kappa shape index (κ1) is 109. The molecular weight excluding hydrogens is 1840 g/mol. The summed E-state index contributed by atoms with van der Waals surface area (Å²) in [5.74, 6) is -20.0. The lowest BCUT2D eigenvalue weighted by Crippen LogP contribution is -2.61. The number of carbonyl (C=O) groups excluding carboxylic acids is 17. The number of aromatic amines is 3. The van der Waals surface area contributed by atoms with E-state index < -0.39 is 260 Å². The van der Waals surface area contributed by atoms with Crippen molar-refractivity contribution < 1.29 is 102 Å². The van der Waals surface area contributed by atoms with Gasteiger partial charge in [-0.3, -0.25) is 86.3 Å². The Kier molecular flexibility index (Phi) is 40.7. The number of benzene rings is 4. The van der Waals surface area contributed by atoms with Crippen LogP contribution in [0.1, 0.15) is 178 Å². The molecule has 0 radical (unpaired) electrons. The Hall–Kier alpha value is -13.7. The standard InChI is InChI=1S/C100H133N19O21S/c1-8-10-26-79-93(133)111-74(40-57(3)4)85(124)45-64(83(122)34-35-86(102)125)54-141-55-88(127)108-77(41-59-29-31-66(120)32-30-59)99(139)118(52-60-20-13-12-14-21-60)58(5)84(123)44-61(46-87(103)126)96(136)117-39-19-28-80(117)94(134)113-76(47-65-51-104-56-107-65)92(132)110-73(33-36-89(128)129)98(138)119-53-67(121)48-82(119)95(135)112-75(42-62-49-105-70-24-17-15-22-68(62)70)91(131)109-72(37-38-101)90(130)114-78(43-63-50-106-71-25-18-16-23-69(63)71)97(137)116(7)81(27-11-9-2)100(140)115(79)6/h12-18,20-25,29-32,49-51,56-58,61,64,67,72-82,105-106,120-121H,8-11,19,26-28,33-48,52-55,101H2,1-7H3,(H2,102,125)(H2,103,126)(H,104,107)(H,108,127)(H,109,131)(H,110,132)(H,111,133)(H,112,135)(H,113,134)(H,114,130)(H,128,129)/t58-,61-,64-,67+,72-,73-,74-,75-,76-,77-,78-,79-,80-,81-,82-/m0/s1. The van der Waals surface area contributed by atoms with Gasteiger partial charge in [-0.05, 0) is 111 Å². The van der Waals surface area contributed by atoms with Gasteiger partial charge >= 0.3 is 5.97 Å². The molecule has 40 nitrogen and oxygen atoms in total. The van der Waals surface area contributed by atoms with Gasteiger partial charge < -0.3 is 109 Å². The molecule has 3 aliphatic heterocycles. The van der Waals surface area contributed by atoms with Crippen molar-refractivity contribution in [2.24, 2.45) is 35.0 Å². The summed E-state index contributed by atoms with van der Waals surface area (Å²) in [5.41, 5.74) is 21.2. The van der Waals surface area contributed by atoms with E-state index in [0.717, 1.165) is 21.6 Å². The summed E-state index contributed by atoms with van der Waals surface area (Å²) in [5, 5.41) is 52.8. The zero-order valence-electron chi connectivity index (χ0n) is 80.7. The molecule has 15 atom stereocenters. The number of aliphatic carboxylic acids is 1. The van der Waals surface area contributed by atoms with Gasteiger partial charge in [-0.1, -0.05) is 132 Å². The fraction of sp³-hybridized carbons (Fsp3) is 0.510. The van der Waals surface area contributed by atoms with Crippen molar-refractivity contribution in [2.75, 3.05) is 45.2 Å². The first-order valence-electron chi connectivity index (χ1n) is 48.1. The SMILES string of the molecule is CCCC[C@H]1C(=O)N(C)[C@@H](CCCC)C(=O)N[C@@H](CC(C)C)C(=O)C[C@H](C(=O)CCC(N)=O)CSCC(=O)N[C@@H](Cc2ccc(O)cc2)C(=O)N(Cc2ccccc2)[C@@H](C)C(=O)C[C@@H](CC(N)=O)C(=O)N2CCC[C@H]2C(=O)N[C@@H](Cc2cnc[nH]2)C(=O)N[C@@H](CCC(=O)O)C(=O)N2C[C@H](O)C[C@H]2C(=O)N[C@@H](Cc2c[nH]c3ccccc23)C(=O)N[C@@H](CCN)C(=O)N[C@@H](Cc2c[nH]c3ccccc23)C(=O)N1C. The van der Waals surface area contributed by atoms with Gasteiger partial charge in [0.2, 0.25) is 82.7 Å². The average Bonchev–Trinajstić information content (AvgIpc) is 1.80. The number of rotatable bonds is 29. The van der Waals surface area contributed by atoms with Crippen molar-refractivity contribution in [1.29, 1.82) is 0 Å². The van der Waals surface area contributed by atoms with E-state index in [2.05, 4.69) is 57.2 Å². The van der Waals surface area contributed by atoms with Crippen LogP contribution in [-0.4, -0.2) is 290 Å². The number of aliphatic hydroxyl groups excluding tert-OH is 1. The van der Waals surface area contributed by atoms with Gasteiger partial charge in [0.15, 0.2) is 11.6 Å². The molecule has 3 aromatic heterocycles. The summed E-state index contributed by atoms with van der Waals surface area (Å²) in [6.07, 6.45) is 0.258. The van der Waals surface area contributed by atoms with E-state index >= 15 is 62.3 Å². The number of primary amides is 2. The van der Waals surface area contributed by atoms with Crippen LogP contribution in [0.3, 0.4) is 0 Å². The maximum Gasteiger partial charge on any atom is 0.303 e. The second-order valence-electron chi connectivity index (χ2n) is 37.2. The summed E-state index contributed by atoms with van der Waals surface area (Å²) < 4.78 is 0. The lowest BCUT2D eigenvalue weighted by molar-refractivity contribution is -0.149. The molecule has 0 spiro atoms. The summed E-state index contributed by atoms with van der Waals surface area (Å²) in [4.78, 5) is 286. The number of H-pyrrole nitrogens is 3. The van der Waals surface area contributed by atoms with Crippen molar-refractivity contribution in [3.63, 3.8) is 0 Å². The molecule has 19 N–H and O–H groups in total. The second kappa shape index (κ2) is 52.5. The van der Waals surface area contributed by atoms with Crippen LogP contribution in [0.15, 0.2) is 128 Å². The predicted octanol–water partition coefficient (Wildman–Crippen LogP) is 3.01. The average molecular weight is 1970 g/mol. The molecule has 7 aromatic rings. The molecule has 10 rings (SSSR count). The quantitative estimate of drug-likeness (QED) is 0.0320. The summed E-state index contributed by atoms with van der Waals surface area (Å²) in [6.45, 7) is 7.50. The number of hydrogen-bond acceptors (Lipinski definition) is 23. The first-order chi connectivity index (χ1) is 67.3. The Morgan fingerprint density at radius 2 is 1.11 bits per heavy atom. The molecule has 0 bridgehead atoms. The fourth-order valence-corrected chi connectivity index (χ4v) is 19.3. The normalized spacial score (nSPS) is 24.4.